The van der Waals surface area contributed by atoms with Crippen molar-refractivity contribution < 1.29 is 10.0 Å². The number of allylic oxidation sites excluding steroid dienone is 1. The first-order valence-corrected chi connectivity index (χ1v) is 7.67. The highest BCUT2D eigenvalue weighted by Crippen LogP contribution is 2.22. The molecule has 1 aromatic carbocycles. The molecule has 0 saturated heterocycles. The van der Waals surface area contributed by atoms with E-state index in [1.165, 1.54) is 11.6 Å². The lowest BCUT2D eigenvalue weighted by atomic mass is 9.90. The van der Waals surface area contributed by atoms with E-state index in [2.05, 4.69) is 44.9 Å². The van der Waals surface area contributed by atoms with Crippen molar-refractivity contribution in [1.29, 1.82) is 0 Å². The summed E-state index contributed by atoms with van der Waals surface area (Å²) in [4.78, 5) is 13.5. The van der Waals surface area contributed by atoms with E-state index >= 15 is 0 Å². The Labute approximate surface area is 133 Å². The van der Waals surface area contributed by atoms with Crippen molar-refractivity contribution in [3.63, 3.8) is 0 Å². The molecule has 0 fully saturated rings. The first kappa shape index (κ1) is 18.4. The molecule has 0 aliphatic carbocycles. The summed E-state index contributed by atoms with van der Waals surface area (Å²) in [5.41, 5.74) is 4.98. The molecule has 122 valence electrons. The molecule has 0 atom stereocenters. The Morgan fingerprint density at radius 3 is 2.41 bits per heavy atom. The van der Waals surface area contributed by atoms with Gasteiger partial charge in [-0.3, -0.25) is 10.0 Å². The lowest BCUT2D eigenvalue weighted by Gasteiger charge is -2.29. The average Bonchev–Trinajstić information content (AvgIpc) is 2.47. The minimum Gasteiger partial charge on any atom is -0.302 e. The molecule has 0 saturated carbocycles. The highest BCUT2D eigenvalue weighted by Gasteiger charge is 2.17. The summed E-state index contributed by atoms with van der Waals surface area (Å²) in [6.07, 6.45) is 2.54. The van der Waals surface area contributed by atoms with Gasteiger partial charge in [0.15, 0.2) is 0 Å². The number of nitrogens with one attached hydrogen (secondary N) is 1. The minimum atomic E-state index is -0.511. The van der Waals surface area contributed by atoms with Crippen molar-refractivity contribution in [3.8, 4) is 0 Å². The lowest BCUT2D eigenvalue weighted by molar-refractivity contribution is -0.124. The summed E-state index contributed by atoms with van der Waals surface area (Å²) in [6.45, 7) is 10.6. The Morgan fingerprint density at radius 1 is 1.32 bits per heavy atom. The van der Waals surface area contributed by atoms with Crippen LogP contribution in [0, 0.1) is 5.41 Å². The van der Waals surface area contributed by atoms with Gasteiger partial charge in [0.25, 0.3) is 5.91 Å². The van der Waals surface area contributed by atoms with Crippen LogP contribution in [-0.2, 0) is 11.3 Å². The molecule has 1 aromatic rings. The normalized spacial score (nSPS) is 12.6. The third-order valence-corrected chi connectivity index (χ3v) is 3.97. The van der Waals surface area contributed by atoms with Crippen LogP contribution in [0.4, 0.5) is 0 Å². The Hall–Kier alpha value is -1.65. The average molecular weight is 304 g/mol. The third-order valence-electron chi connectivity index (χ3n) is 3.97. The van der Waals surface area contributed by atoms with Gasteiger partial charge in [-0.15, -0.1) is 0 Å². The van der Waals surface area contributed by atoms with Crippen molar-refractivity contribution in [2.24, 2.45) is 5.41 Å². The van der Waals surface area contributed by atoms with E-state index in [0.717, 1.165) is 30.6 Å². The fourth-order valence-corrected chi connectivity index (χ4v) is 2.40. The Morgan fingerprint density at radius 2 is 1.91 bits per heavy atom. The van der Waals surface area contributed by atoms with Crippen LogP contribution in [0.25, 0.3) is 5.57 Å². The molecule has 0 unspecified atom stereocenters. The van der Waals surface area contributed by atoms with Gasteiger partial charge in [0.2, 0.25) is 0 Å². The van der Waals surface area contributed by atoms with Crippen molar-refractivity contribution >= 4 is 11.5 Å². The highest BCUT2D eigenvalue weighted by atomic mass is 16.5. The molecule has 0 bridgehead atoms. The second kappa shape index (κ2) is 8.11. The molecule has 0 aliphatic rings. The predicted molar refractivity (Wildman–Crippen MR) is 90.4 cm³/mol. The summed E-state index contributed by atoms with van der Waals surface area (Å²) in [7, 11) is 2.14. The number of rotatable bonds is 7. The maximum atomic E-state index is 11.1. The smallest absolute Gasteiger partial charge is 0.267 e. The molecule has 1 amide bonds. The van der Waals surface area contributed by atoms with E-state index in [9.17, 15) is 4.79 Å². The van der Waals surface area contributed by atoms with Gasteiger partial charge in [-0.1, -0.05) is 45.0 Å². The van der Waals surface area contributed by atoms with Crippen LogP contribution in [-0.4, -0.2) is 29.6 Å². The molecule has 4 nitrogen and oxygen atoms in total. The topological polar surface area (TPSA) is 52.6 Å². The van der Waals surface area contributed by atoms with Crippen LogP contribution in [0.3, 0.4) is 0 Å². The van der Waals surface area contributed by atoms with E-state index < -0.39 is 5.91 Å². The molecule has 0 heterocycles. The second-order valence-corrected chi connectivity index (χ2v) is 6.69. The SMILES string of the molecule is CCC(C)(C)CN(C)Cc1ccc(/C(C)=C/C(=O)NO)cc1. The molecule has 0 aliphatic heterocycles. The van der Waals surface area contributed by atoms with Gasteiger partial charge in [-0.2, -0.15) is 0 Å². The zero-order chi connectivity index (χ0) is 16.8. The first-order chi connectivity index (χ1) is 10.3. The van der Waals surface area contributed by atoms with Crippen molar-refractivity contribution in [1.82, 2.24) is 10.4 Å². The summed E-state index contributed by atoms with van der Waals surface area (Å²) in [5.74, 6) is -0.511. The molecular weight excluding hydrogens is 276 g/mol. The Balaban J connectivity index is 2.69. The van der Waals surface area contributed by atoms with Gasteiger partial charge in [-0.25, -0.2) is 5.48 Å². The summed E-state index contributed by atoms with van der Waals surface area (Å²) in [6, 6.07) is 8.17. The van der Waals surface area contributed by atoms with Gasteiger partial charge in [0.05, 0.1) is 0 Å². The van der Waals surface area contributed by atoms with E-state index in [1.807, 2.05) is 19.1 Å². The quantitative estimate of drug-likeness (QED) is 0.461. The van der Waals surface area contributed by atoms with E-state index in [0.29, 0.717) is 5.41 Å². The Kier molecular flexibility index (Phi) is 6.78. The van der Waals surface area contributed by atoms with Crippen molar-refractivity contribution in [2.45, 2.75) is 40.7 Å². The molecule has 2 N–H and O–H groups in total. The van der Waals surface area contributed by atoms with Gasteiger partial charge >= 0.3 is 0 Å². The van der Waals surface area contributed by atoms with Crippen LogP contribution >= 0.6 is 0 Å². The van der Waals surface area contributed by atoms with Gasteiger partial charge < -0.3 is 4.90 Å². The molecular formula is C18H28N2O2. The number of hydrogen-bond donors (Lipinski definition) is 2. The van der Waals surface area contributed by atoms with Crippen LogP contribution in [0.1, 0.15) is 45.2 Å². The summed E-state index contributed by atoms with van der Waals surface area (Å²) < 4.78 is 0. The minimum absolute atomic E-state index is 0.325. The number of nitrogens with zero attached hydrogens (tertiary/aromatic N) is 1. The fraction of sp³-hybridized carbons (Fsp3) is 0.500. The number of hydroxylamine groups is 1. The van der Waals surface area contributed by atoms with E-state index in [-0.39, 0.29) is 0 Å². The third kappa shape index (κ3) is 6.00. The van der Waals surface area contributed by atoms with E-state index in [4.69, 9.17) is 5.21 Å². The zero-order valence-corrected chi connectivity index (χ0v) is 14.3. The lowest BCUT2D eigenvalue weighted by Crippen LogP contribution is -2.30. The van der Waals surface area contributed by atoms with Gasteiger partial charge in [-0.05, 0) is 42.5 Å². The zero-order valence-electron chi connectivity index (χ0n) is 14.3. The number of hydrogen-bond acceptors (Lipinski definition) is 3. The van der Waals surface area contributed by atoms with Crippen LogP contribution in [0.2, 0.25) is 0 Å². The standard InChI is InChI=1S/C18H28N2O2/c1-6-18(3,4)13-20(5)12-15-7-9-16(10-8-15)14(2)11-17(21)19-22/h7-11,22H,6,12-13H2,1-5H3,(H,19,21)/b14-11+. The molecule has 0 aromatic heterocycles. The van der Waals surface area contributed by atoms with Crippen molar-refractivity contribution in [2.75, 3.05) is 13.6 Å². The van der Waals surface area contributed by atoms with Crippen LogP contribution in [0.15, 0.2) is 30.3 Å². The molecule has 0 radical (unpaired) electrons. The molecule has 22 heavy (non-hydrogen) atoms. The number of benzene rings is 1. The highest BCUT2D eigenvalue weighted by molar-refractivity contribution is 5.94. The largest absolute Gasteiger partial charge is 0.302 e. The molecule has 1 rings (SSSR count). The van der Waals surface area contributed by atoms with Crippen LogP contribution in [0.5, 0.6) is 0 Å². The Bertz CT molecular complexity index is 518. The van der Waals surface area contributed by atoms with E-state index in [1.54, 1.807) is 5.48 Å². The van der Waals surface area contributed by atoms with Gasteiger partial charge in [0, 0.05) is 19.2 Å². The summed E-state index contributed by atoms with van der Waals surface area (Å²) in [5, 5.41) is 8.54. The first-order valence-electron chi connectivity index (χ1n) is 7.67. The van der Waals surface area contributed by atoms with Crippen molar-refractivity contribution in [3.05, 3.63) is 41.5 Å². The predicted octanol–water partition coefficient (Wildman–Crippen LogP) is 3.46. The van der Waals surface area contributed by atoms with Gasteiger partial charge in [0.1, 0.15) is 0 Å². The second-order valence-electron chi connectivity index (χ2n) is 6.69. The maximum absolute atomic E-state index is 11.1. The maximum Gasteiger partial charge on any atom is 0.267 e. The number of carbonyl (C=O) groups excluding carboxylic acids is 1. The number of amides is 1. The summed E-state index contributed by atoms with van der Waals surface area (Å²) >= 11 is 0. The van der Waals surface area contributed by atoms with Crippen LogP contribution < -0.4 is 5.48 Å². The number of carbonyl (C=O) groups is 1. The monoisotopic (exact) mass is 304 g/mol. The fourth-order valence-electron chi connectivity index (χ4n) is 2.40. The molecule has 0 spiro atoms. The molecule has 4 heteroatoms.